The predicted molar refractivity (Wildman–Crippen MR) is 92.2 cm³/mol. The molecule has 0 aromatic rings. The monoisotopic (exact) mass is 324 g/mol. The largest absolute Gasteiger partial charge is 0.443 e. The van der Waals surface area contributed by atoms with E-state index < -0.39 is 17.2 Å². The first-order chi connectivity index (χ1) is 10.3. The molecule has 1 unspecified atom stereocenters. The van der Waals surface area contributed by atoms with Crippen molar-refractivity contribution in [2.75, 3.05) is 6.54 Å². The molecule has 1 N–H and O–H groups in total. The number of nitrogens with zero attached hydrogens (tertiary/aromatic N) is 1. The van der Waals surface area contributed by atoms with Crippen molar-refractivity contribution < 1.29 is 14.3 Å². The molecule has 0 aromatic heterocycles. The van der Waals surface area contributed by atoms with E-state index in [0.29, 0.717) is 6.42 Å². The molecule has 1 rings (SSSR count). The standard InChI is InChI=1S/C18H32N2O3/c1-9-10-18(8)11-13(19-12-18)14(21)20(16(2,3)4)15(22)23-17(5,6)7/h9,13,19H,1,10-12H2,2-8H3/t13-,18?/m0/s1. The lowest BCUT2D eigenvalue weighted by Crippen LogP contribution is -2.56. The van der Waals surface area contributed by atoms with Gasteiger partial charge in [0.25, 0.3) is 0 Å². The highest BCUT2D eigenvalue weighted by Gasteiger charge is 2.44. The van der Waals surface area contributed by atoms with Crippen LogP contribution in [0.25, 0.3) is 0 Å². The zero-order chi connectivity index (χ0) is 18.1. The van der Waals surface area contributed by atoms with Crippen molar-refractivity contribution in [2.24, 2.45) is 5.41 Å². The van der Waals surface area contributed by atoms with Gasteiger partial charge < -0.3 is 10.1 Å². The fourth-order valence-corrected chi connectivity index (χ4v) is 2.84. The van der Waals surface area contributed by atoms with Crippen molar-refractivity contribution in [3.05, 3.63) is 12.7 Å². The number of imide groups is 1. The van der Waals surface area contributed by atoms with Gasteiger partial charge in [0.05, 0.1) is 6.04 Å². The van der Waals surface area contributed by atoms with Crippen molar-refractivity contribution in [3.8, 4) is 0 Å². The number of hydrogen-bond donors (Lipinski definition) is 1. The van der Waals surface area contributed by atoms with Gasteiger partial charge in [0.2, 0.25) is 5.91 Å². The average Bonchev–Trinajstić information content (AvgIpc) is 2.67. The number of ether oxygens (including phenoxy) is 1. The first kappa shape index (κ1) is 19.7. The molecule has 1 fully saturated rings. The van der Waals surface area contributed by atoms with Crippen molar-refractivity contribution in [2.45, 2.75) is 78.5 Å². The maximum Gasteiger partial charge on any atom is 0.417 e. The predicted octanol–water partition coefficient (Wildman–Crippen LogP) is 3.49. The molecule has 132 valence electrons. The molecule has 1 heterocycles. The van der Waals surface area contributed by atoms with Gasteiger partial charge in [-0.3, -0.25) is 4.79 Å². The summed E-state index contributed by atoms with van der Waals surface area (Å²) in [7, 11) is 0. The molecular weight excluding hydrogens is 292 g/mol. The molecule has 5 heteroatoms. The SMILES string of the molecule is C=CCC1(C)CN[C@H](C(=O)N(C(=O)OC(C)(C)C)C(C)(C)C)C1. The third-order valence-electron chi connectivity index (χ3n) is 3.87. The van der Waals surface area contributed by atoms with Gasteiger partial charge in [0.1, 0.15) is 5.60 Å². The quantitative estimate of drug-likeness (QED) is 0.807. The summed E-state index contributed by atoms with van der Waals surface area (Å²) in [6, 6.07) is -0.369. The number of nitrogens with one attached hydrogen (secondary N) is 1. The normalized spacial score (nSPS) is 25.1. The molecule has 23 heavy (non-hydrogen) atoms. The first-order valence-corrected chi connectivity index (χ1v) is 8.20. The van der Waals surface area contributed by atoms with E-state index in [-0.39, 0.29) is 17.4 Å². The van der Waals surface area contributed by atoms with E-state index in [9.17, 15) is 9.59 Å². The Kier molecular flexibility index (Phi) is 5.68. The Bertz CT molecular complexity index is 474. The van der Waals surface area contributed by atoms with Gasteiger partial charge in [0.15, 0.2) is 0 Å². The third kappa shape index (κ3) is 5.34. The van der Waals surface area contributed by atoms with Crippen LogP contribution in [-0.4, -0.2) is 40.6 Å². The maximum absolute atomic E-state index is 12.9. The first-order valence-electron chi connectivity index (χ1n) is 8.20. The lowest BCUT2D eigenvalue weighted by Gasteiger charge is -2.36. The minimum atomic E-state index is -0.640. The van der Waals surface area contributed by atoms with Gasteiger partial charge in [0, 0.05) is 12.1 Å². The highest BCUT2D eigenvalue weighted by molar-refractivity contribution is 5.96. The number of amides is 2. The summed E-state index contributed by atoms with van der Waals surface area (Å²) in [6.07, 6.45) is 2.82. The van der Waals surface area contributed by atoms with Crippen LogP contribution in [-0.2, 0) is 9.53 Å². The number of carbonyl (C=O) groups excluding carboxylic acids is 2. The summed E-state index contributed by atoms with van der Waals surface area (Å²) >= 11 is 0. The second-order valence-corrected chi connectivity index (χ2v) is 8.77. The molecule has 1 aliphatic heterocycles. The Balaban J connectivity index is 2.95. The minimum absolute atomic E-state index is 0.000434. The smallest absolute Gasteiger partial charge is 0.417 e. The minimum Gasteiger partial charge on any atom is -0.443 e. The Morgan fingerprint density at radius 2 is 1.87 bits per heavy atom. The summed E-state index contributed by atoms with van der Waals surface area (Å²) in [6.45, 7) is 17.6. The van der Waals surface area contributed by atoms with Crippen molar-refractivity contribution in [1.82, 2.24) is 10.2 Å². The Morgan fingerprint density at radius 1 is 1.30 bits per heavy atom. The molecule has 0 spiro atoms. The van der Waals surface area contributed by atoms with E-state index in [1.165, 1.54) is 4.90 Å². The molecule has 5 nitrogen and oxygen atoms in total. The van der Waals surface area contributed by atoms with Crippen LogP contribution in [0.1, 0.15) is 61.3 Å². The number of rotatable bonds is 3. The summed E-state index contributed by atoms with van der Waals surface area (Å²) < 4.78 is 5.43. The fraction of sp³-hybridized carbons (Fsp3) is 0.778. The Hall–Kier alpha value is -1.36. The highest BCUT2D eigenvalue weighted by atomic mass is 16.6. The molecule has 2 atom stereocenters. The Morgan fingerprint density at radius 3 is 2.30 bits per heavy atom. The van der Waals surface area contributed by atoms with E-state index in [1.807, 2.05) is 26.8 Å². The molecular formula is C18H32N2O3. The average molecular weight is 324 g/mol. The van der Waals surface area contributed by atoms with Crippen molar-refractivity contribution in [3.63, 3.8) is 0 Å². The van der Waals surface area contributed by atoms with Crippen LogP contribution >= 0.6 is 0 Å². The van der Waals surface area contributed by atoms with Crippen LogP contribution in [0.5, 0.6) is 0 Å². The number of allylic oxidation sites excluding steroid dienone is 1. The van der Waals surface area contributed by atoms with Crippen LogP contribution in [0.4, 0.5) is 4.79 Å². The van der Waals surface area contributed by atoms with Gasteiger partial charge >= 0.3 is 6.09 Å². The third-order valence-corrected chi connectivity index (χ3v) is 3.87. The van der Waals surface area contributed by atoms with E-state index in [1.54, 1.807) is 20.8 Å². The molecule has 0 bridgehead atoms. The van der Waals surface area contributed by atoms with Crippen molar-refractivity contribution >= 4 is 12.0 Å². The van der Waals surface area contributed by atoms with Gasteiger partial charge in [-0.1, -0.05) is 13.0 Å². The Labute approximate surface area is 140 Å². The van der Waals surface area contributed by atoms with Crippen LogP contribution in [0.3, 0.4) is 0 Å². The van der Waals surface area contributed by atoms with Crippen LogP contribution < -0.4 is 5.32 Å². The van der Waals surface area contributed by atoms with E-state index in [4.69, 9.17) is 4.74 Å². The van der Waals surface area contributed by atoms with Gasteiger partial charge in [-0.25, -0.2) is 9.69 Å². The maximum atomic E-state index is 12.9. The van der Waals surface area contributed by atoms with Gasteiger partial charge in [-0.2, -0.15) is 0 Å². The van der Waals surface area contributed by atoms with Gasteiger partial charge in [-0.15, -0.1) is 6.58 Å². The molecule has 0 aromatic carbocycles. The van der Waals surface area contributed by atoms with Gasteiger partial charge in [-0.05, 0) is 59.8 Å². The summed E-state index contributed by atoms with van der Waals surface area (Å²) in [5.41, 5.74) is -1.28. The number of carbonyl (C=O) groups is 2. The van der Waals surface area contributed by atoms with Crippen LogP contribution in [0, 0.1) is 5.41 Å². The second kappa shape index (κ2) is 6.63. The lowest BCUT2D eigenvalue weighted by molar-refractivity contribution is -0.136. The molecule has 1 saturated heterocycles. The lowest BCUT2D eigenvalue weighted by atomic mass is 9.84. The summed E-state index contributed by atoms with van der Waals surface area (Å²) in [5, 5.41) is 3.26. The van der Waals surface area contributed by atoms with E-state index in [0.717, 1.165) is 13.0 Å². The summed E-state index contributed by atoms with van der Waals surface area (Å²) in [4.78, 5) is 26.7. The molecule has 0 saturated carbocycles. The molecule has 1 aliphatic rings. The highest BCUT2D eigenvalue weighted by Crippen LogP contribution is 2.34. The molecule has 0 aliphatic carbocycles. The van der Waals surface area contributed by atoms with Crippen LogP contribution in [0.2, 0.25) is 0 Å². The van der Waals surface area contributed by atoms with Crippen LogP contribution in [0.15, 0.2) is 12.7 Å². The van der Waals surface area contributed by atoms with Crippen molar-refractivity contribution in [1.29, 1.82) is 0 Å². The summed E-state index contributed by atoms with van der Waals surface area (Å²) in [5.74, 6) is -0.223. The topological polar surface area (TPSA) is 58.6 Å². The number of hydrogen-bond acceptors (Lipinski definition) is 4. The second-order valence-electron chi connectivity index (χ2n) is 8.77. The molecule has 2 amide bonds. The van der Waals surface area contributed by atoms with E-state index in [2.05, 4.69) is 18.8 Å². The molecule has 0 radical (unpaired) electrons. The zero-order valence-corrected chi connectivity index (χ0v) is 15.7. The van der Waals surface area contributed by atoms with E-state index >= 15 is 0 Å². The fourth-order valence-electron chi connectivity index (χ4n) is 2.84. The zero-order valence-electron chi connectivity index (χ0n) is 15.7.